The molecule has 3 aromatic carbocycles. The standard InChI is InChI=1S/C35H44N2O6/c1-25(27-11-6-5-7-12-27)37(2)23-31-22-32(28-19-17-26(24-38)18-20-28)43-35(42-31)29-13-10-14-30(21-29)36-33(39)15-8-3-4-9-16-34(40)41/h5-7,10-14,17-21,25,31-32,35,38H,3-4,8-9,15-16,22-24H2,1-2H3,(H,36,39)(H,40,41)/t25-,31+,32-,35-/m0/s1. The van der Waals surface area contributed by atoms with E-state index in [-0.39, 0.29) is 37.2 Å². The summed E-state index contributed by atoms with van der Waals surface area (Å²) in [5.74, 6) is -0.855. The Hall–Kier alpha value is -3.56. The molecule has 0 spiro atoms. The average molecular weight is 589 g/mol. The maximum Gasteiger partial charge on any atom is 0.303 e. The molecule has 1 fully saturated rings. The number of nitrogens with zero attached hydrogens (tertiary/aromatic N) is 1. The predicted molar refractivity (Wildman–Crippen MR) is 166 cm³/mol. The van der Waals surface area contributed by atoms with Gasteiger partial charge in [-0.3, -0.25) is 14.5 Å². The first-order chi connectivity index (χ1) is 20.8. The van der Waals surface area contributed by atoms with Crippen LogP contribution in [0.1, 0.15) is 92.6 Å². The normalized spacial score (nSPS) is 19.2. The van der Waals surface area contributed by atoms with Gasteiger partial charge in [-0.05, 0) is 55.6 Å². The van der Waals surface area contributed by atoms with E-state index in [4.69, 9.17) is 14.6 Å². The van der Waals surface area contributed by atoms with Crippen LogP contribution in [0.4, 0.5) is 5.69 Å². The number of aliphatic hydroxyl groups excluding tert-OH is 1. The average Bonchev–Trinajstić information content (AvgIpc) is 3.02. The molecule has 0 aromatic heterocycles. The number of carbonyl (C=O) groups excluding carboxylic acids is 1. The van der Waals surface area contributed by atoms with Crippen molar-refractivity contribution in [3.8, 4) is 0 Å². The number of rotatable bonds is 15. The lowest BCUT2D eigenvalue weighted by molar-refractivity contribution is -0.253. The quantitative estimate of drug-likeness (QED) is 0.168. The van der Waals surface area contributed by atoms with E-state index in [2.05, 4.69) is 48.5 Å². The van der Waals surface area contributed by atoms with E-state index in [1.165, 1.54) is 5.56 Å². The van der Waals surface area contributed by atoms with Gasteiger partial charge in [0.1, 0.15) is 0 Å². The van der Waals surface area contributed by atoms with Crippen molar-refractivity contribution < 1.29 is 29.3 Å². The molecule has 0 saturated carbocycles. The second-order valence-corrected chi connectivity index (χ2v) is 11.4. The number of amides is 1. The molecule has 1 amide bonds. The lowest BCUT2D eigenvalue weighted by Gasteiger charge is -2.39. The second-order valence-electron chi connectivity index (χ2n) is 11.4. The lowest BCUT2D eigenvalue weighted by Crippen LogP contribution is -2.38. The van der Waals surface area contributed by atoms with E-state index in [1.807, 2.05) is 54.6 Å². The first kappa shape index (κ1) is 32.4. The van der Waals surface area contributed by atoms with Crippen molar-refractivity contribution in [2.75, 3.05) is 18.9 Å². The fourth-order valence-electron chi connectivity index (χ4n) is 5.40. The van der Waals surface area contributed by atoms with Crippen LogP contribution >= 0.6 is 0 Å². The topological polar surface area (TPSA) is 108 Å². The highest BCUT2D eigenvalue weighted by Gasteiger charge is 2.33. The molecule has 1 aliphatic heterocycles. The summed E-state index contributed by atoms with van der Waals surface area (Å²) < 4.78 is 13.1. The van der Waals surface area contributed by atoms with Gasteiger partial charge in [-0.1, -0.05) is 79.6 Å². The summed E-state index contributed by atoms with van der Waals surface area (Å²) in [6.45, 7) is 2.90. The predicted octanol–water partition coefficient (Wildman–Crippen LogP) is 6.78. The number of carboxylic acids is 1. The van der Waals surface area contributed by atoms with Crippen LogP contribution in [-0.4, -0.2) is 46.7 Å². The summed E-state index contributed by atoms with van der Waals surface area (Å²) in [5.41, 5.74) is 4.63. The summed E-state index contributed by atoms with van der Waals surface area (Å²) in [4.78, 5) is 25.5. The van der Waals surface area contributed by atoms with Crippen molar-refractivity contribution in [3.05, 3.63) is 101 Å². The van der Waals surface area contributed by atoms with E-state index in [0.717, 1.165) is 29.5 Å². The Kier molecular flexibility index (Phi) is 12.3. The van der Waals surface area contributed by atoms with Crippen LogP contribution in [0, 0.1) is 0 Å². The number of anilines is 1. The number of carboxylic acid groups (broad SMARTS) is 1. The lowest BCUT2D eigenvalue weighted by atomic mass is 9.99. The second kappa shape index (κ2) is 16.3. The minimum absolute atomic E-state index is 0.00836. The van der Waals surface area contributed by atoms with Gasteiger partial charge >= 0.3 is 5.97 Å². The highest BCUT2D eigenvalue weighted by molar-refractivity contribution is 5.90. The van der Waals surface area contributed by atoms with Gasteiger partial charge in [0, 0.05) is 43.1 Å². The smallest absolute Gasteiger partial charge is 0.303 e. The molecule has 4 atom stereocenters. The molecule has 0 radical (unpaired) electrons. The maximum absolute atomic E-state index is 12.6. The largest absolute Gasteiger partial charge is 0.481 e. The number of nitrogens with one attached hydrogen (secondary N) is 1. The number of likely N-dealkylation sites (N-methyl/N-ethyl adjacent to an activating group) is 1. The third kappa shape index (κ3) is 10.0. The summed E-state index contributed by atoms with van der Waals surface area (Å²) >= 11 is 0. The van der Waals surface area contributed by atoms with Gasteiger partial charge in [-0.15, -0.1) is 0 Å². The van der Waals surface area contributed by atoms with Gasteiger partial charge in [-0.2, -0.15) is 0 Å². The van der Waals surface area contributed by atoms with Crippen LogP contribution < -0.4 is 5.32 Å². The molecule has 8 nitrogen and oxygen atoms in total. The number of unbranched alkanes of at least 4 members (excludes halogenated alkanes) is 3. The van der Waals surface area contributed by atoms with Gasteiger partial charge in [0.15, 0.2) is 6.29 Å². The number of hydrogen-bond acceptors (Lipinski definition) is 6. The number of aliphatic hydroxyl groups is 1. The summed E-state index contributed by atoms with van der Waals surface area (Å²) in [6, 6.07) is 26.1. The monoisotopic (exact) mass is 588 g/mol. The Morgan fingerprint density at radius 3 is 2.33 bits per heavy atom. The van der Waals surface area contributed by atoms with Crippen LogP contribution in [0.25, 0.3) is 0 Å². The van der Waals surface area contributed by atoms with Gasteiger partial charge in [0.2, 0.25) is 5.91 Å². The first-order valence-corrected chi connectivity index (χ1v) is 15.2. The number of benzene rings is 3. The molecule has 1 heterocycles. The van der Waals surface area contributed by atoms with Crippen molar-refractivity contribution in [2.24, 2.45) is 0 Å². The van der Waals surface area contributed by atoms with E-state index in [1.54, 1.807) is 0 Å². The zero-order valence-corrected chi connectivity index (χ0v) is 25.2. The molecule has 0 bridgehead atoms. The molecule has 1 aliphatic rings. The Morgan fingerprint density at radius 2 is 1.63 bits per heavy atom. The van der Waals surface area contributed by atoms with E-state index in [0.29, 0.717) is 37.9 Å². The van der Waals surface area contributed by atoms with Crippen molar-refractivity contribution >= 4 is 17.6 Å². The third-order valence-corrected chi connectivity index (χ3v) is 8.04. The molecule has 4 rings (SSSR count). The summed E-state index contributed by atoms with van der Waals surface area (Å²) in [7, 11) is 2.11. The Bertz CT molecular complexity index is 1300. The fourth-order valence-corrected chi connectivity index (χ4v) is 5.40. The van der Waals surface area contributed by atoms with Crippen LogP contribution in [0.5, 0.6) is 0 Å². The van der Waals surface area contributed by atoms with Crippen molar-refractivity contribution in [2.45, 2.75) is 83.0 Å². The van der Waals surface area contributed by atoms with Crippen LogP contribution in [0.3, 0.4) is 0 Å². The highest BCUT2D eigenvalue weighted by atomic mass is 16.7. The maximum atomic E-state index is 12.6. The molecule has 3 N–H and O–H groups in total. The zero-order valence-electron chi connectivity index (χ0n) is 25.2. The van der Waals surface area contributed by atoms with Crippen molar-refractivity contribution in [1.82, 2.24) is 4.90 Å². The number of hydrogen-bond donors (Lipinski definition) is 3. The summed E-state index contributed by atoms with van der Waals surface area (Å²) in [6.07, 6.45) is 3.29. The number of carbonyl (C=O) groups is 2. The zero-order chi connectivity index (χ0) is 30.6. The fraction of sp³-hybridized carbons (Fsp3) is 0.429. The molecular weight excluding hydrogens is 544 g/mol. The van der Waals surface area contributed by atoms with Gasteiger partial charge in [0.05, 0.1) is 18.8 Å². The molecule has 1 saturated heterocycles. The molecule has 3 aromatic rings. The molecule has 0 aliphatic carbocycles. The number of aliphatic carboxylic acids is 1. The van der Waals surface area contributed by atoms with E-state index < -0.39 is 12.3 Å². The van der Waals surface area contributed by atoms with Gasteiger partial charge < -0.3 is 25.0 Å². The molecule has 230 valence electrons. The molecule has 8 heteroatoms. The van der Waals surface area contributed by atoms with Crippen LogP contribution in [0.2, 0.25) is 0 Å². The molecule has 0 unspecified atom stereocenters. The number of ether oxygens (including phenoxy) is 2. The van der Waals surface area contributed by atoms with Gasteiger partial charge in [0.25, 0.3) is 0 Å². The molecular formula is C35H44N2O6. The van der Waals surface area contributed by atoms with E-state index in [9.17, 15) is 14.7 Å². The minimum atomic E-state index is -0.783. The summed E-state index contributed by atoms with van der Waals surface area (Å²) in [5, 5.41) is 21.2. The molecule has 43 heavy (non-hydrogen) atoms. The minimum Gasteiger partial charge on any atom is -0.481 e. The Labute approximate surface area is 254 Å². The SMILES string of the molecule is C[C@@H](c1ccccc1)N(C)C[C@H]1C[C@@H](c2ccc(CO)cc2)O[C@@H](c2cccc(NC(=O)CCCCCCC(=O)O)c2)O1. The first-order valence-electron chi connectivity index (χ1n) is 15.2. The van der Waals surface area contributed by atoms with Crippen LogP contribution in [-0.2, 0) is 25.7 Å². The van der Waals surface area contributed by atoms with Gasteiger partial charge in [-0.25, -0.2) is 0 Å². The van der Waals surface area contributed by atoms with Crippen molar-refractivity contribution in [1.29, 1.82) is 0 Å². The van der Waals surface area contributed by atoms with E-state index >= 15 is 0 Å². The Morgan fingerprint density at radius 1 is 0.907 bits per heavy atom. The van der Waals surface area contributed by atoms with Crippen molar-refractivity contribution in [3.63, 3.8) is 0 Å². The van der Waals surface area contributed by atoms with Crippen LogP contribution in [0.15, 0.2) is 78.9 Å². The highest BCUT2D eigenvalue weighted by Crippen LogP contribution is 2.39. The third-order valence-electron chi connectivity index (χ3n) is 8.04. The Balaban J connectivity index is 1.43.